The maximum atomic E-state index is 12.5. The Balaban J connectivity index is 2.05. The number of sulfonamides is 1. The first-order chi connectivity index (χ1) is 12.2. The van der Waals surface area contributed by atoms with Crippen LogP contribution in [0.3, 0.4) is 0 Å². The van der Waals surface area contributed by atoms with Crippen LogP contribution in [0.25, 0.3) is 0 Å². The lowest BCUT2D eigenvalue weighted by atomic mass is 10.2. The van der Waals surface area contributed by atoms with Crippen LogP contribution >= 0.6 is 0 Å². The molecule has 0 unspecified atom stereocenters. The highest BCUT2D eigenvalue weighted by molar-refractivity contribution is 7.89. The zero-order valence-corrected chi connectivity index (χ0v) is 16.4. The van der Waals surface area contributed by atoms with Crippen LogP contribution in [-0.2, 0) is 16.6 Å². The van der Waals surface area contributed by atoms with Crippen LogP contribution in [0.4, 0.5) is 5.69 Å². The first-order valence-corrected chi connectivity index (χ1v) is 9.85. The van der Waals surface area contributed by atoms with Crippen LogP contribution in [0, 0.1) is 6.92 Å². The van der Waals surface area contributed by atoms with Gasteiger partial charge in [0.15, 0.2) is 5.96 Å². The summed E-state index contributed by atoms with van der Waals surface area (Å²) in [6, 6.07) is 14.5. The van der Waals surface area contributed by atoms with Gasteiger partial charge in [-0.25, -0.2) is 13.4 Å². The number of anilines is 1. The summed E-state index contributed by atoms with van der Waals surface area (Å²) in [5.41, 5.74) is 8.80. The van der Waals surface area contributed by atoms with E-state index in [0.29, 0.717) is 12.5 Å². The number of nitrogens with one attached hydrogen (secondary N) is 1. The predicted octanol–water partition coefficient (Wildman–Crippen LogP) is 2.95. The largest absolute Gasteiger partial charge is 0.370 e. The van der Waals surface area contributed by atoms with Crippen molar-refractivity contribution in [2.24, 2.45) is 10.7 Å². The van der Waals surface area contributed by atoms with Crippen molar-refractivity contribution < 1.29 is 8.42 Å². The Hall–Kier alpha value is -2.38. The summed E-state index contributed by atoms with van der Waals surface area (Å²) in [5.74, 6) is 0.312. The Bertz CT molecular complexity index is 875. The van der Waals surface area contributed by atoms with Crippen molar-refractivity contribution in [1.82, 2.24) is 4.31 Å². The highest BCUT2D eigenvalue weighted by Gasteiger charge is 2.22. The van der Waals surface area contributed by atoms with Crippen LogP contribution in [-0.4, -0.2) is 31.8 Å². The Morgan fingerprint density at radius 3 is 2.42 bits per heavy atom. The van der Waals surface area contributed by atoms with Crippen molar-refractivity contribution in [3.05, 3.63) is 59.7 Å². The van der Waals surface area contributed by atoms with E-state index in [9.17, 15) is 8.42 Å². The molecule has 0 saturated heterocycles. The van der Waals surface area contributed by atoms with Gasteiger partial charge in [-0.3, -0.25) is 0 Å². The predicted molar refractivity (Wildman–Crippen MR) is 107 cm³/mol. The minimum atomic E-state index is -3.47. The summed E-state index contributed by atoms with van der Waals surface area (Å²) in [4.78, 5) is 4.57. The first-order valence-electron chi connectivity index (χ1n) is 8.40. The summed E-state index contributed by atoms with van der Waals surface area (Å²) >= 11 is 0. The van der Waals surface area contributed by atoms with Gasteiger partial charge in [0.1, 0.15) is 0 Å². The highest BCUT2D eigenvalue weighted by Crippen LogP contribution is 2.17. The lowest BCUT2D eigenvalue weighted by Gasteiger charge is -2.21. The Morgan fingerprint density at radius 2 is 1.85 bits per heavy atom. The fourth-order valence-corrected chi connectivity index (χ4v) is 3.66. The van der Waals surface area contributed by atoms with Gasteiger partial charge in [0.05, 0.1) is 11.4 Å². The fraction of sp³-hybridized carbons (Fsp3) is 0.316. The number of guanidine groups is 1. The minimum Gasteiger partial charge on any atom is -0.370 e. The van der Waals surface area contributed by atoms with Crippen molar-refractivity contribution in [3.8, 4) is 0 Å². The van der Waals surface area contributed by atoms with Crippen LogP contribution < -0.4 is 11.1 Å². The molecule has 7 heteroatoms. The van der Waals surface area contributed by atoms with Gasteiger partial charge in [-0.15, -0.1) is 0 Å². The van der Waals surface area contributed by atoms with Gasteiger partial charge in [-0.05, 0) is 56.2 Å². The quantitative estimate of drug-likeness (QED) is 0.601. The van der Waals surface area contributed by atoms with Crippen molar-refractivity contribution in [2.45, 2.75) is 38.3 Å². The van der Waals surface area contributed by atoms with Gasteiger partial charge in [-0.1, -0.05) is 24.3 Å². The molecule has 0 bridgehead atoms. The molecule has 0 saturated carbocycles. The molecule has 0 heterocycles. The van der Waals surface area contributed by atoms with E-state index in [1.807, 2.05) is 45.0 Å². The Morgan fingerprint density at radius 1 is 1.19 bits per heavy atom. The topological polar surface area (TPSA) is 87.8 Å². The van der Waals surface area contributed by atoms with Gasteiger partial charge in [-0.2, -0.15) is 4.31 Å². The van der Waals surface area contributed by atoms with E-state index >= 15 is 0 Å². The summed E-state index contributed by atoms with van der Waals surface area (Å²) in [6.45, 7) is 6.05. The van der Waals surface area contributed by atoms with E-state index in [1.54, 1.807) is 31.3 Å². The smallest absolute Gasteiger partial charge is 0.243 e. The second kappa shape index (κ2) is 8.33. The highest BCUT2D eigenvalue weighted by atomic mass is 32.2. The van der Waals surface area contributed by atoms with Crippen LogP contribution in [0.2, 0.25) is 0 Å². The molecule has 0 aliphatic rings. The molecular formula is C19H26N4O2S. The standard InChI is InChI=1S/C19H26N4O2S/c1-14(2)23(4)26(24,25)18-10-8-16(9-11-18)13-21-19(20)22-17-7-5-6-15(3)12-17/h5-12,14H,13H2,1-4H3,(H3,20,21,22). The van der Waals surface area contributed by atoms with E-state index in [1.165, 1.54) is 4.31 Å². The molecule has 0 aromatic heterocycles. The van der Waals surface area contributed by atoms with Gasteiger partial charge in [0.25, 0.3) is 0 Å². The van der Waals surface area contributed by atoms with E-state index in [4.69, 9.17) is 5.73 Å². The van der Waals surface area contributed by atoms with Crippen LogP contribution in [0.15, 0.2) is 58.4 Å². The number of aryl methyl sites for hydroxylation is 1. The molecule has 0 aliphatic carbocycles. The molecule has 26 heavy (non-hydrogen) atoms. The molecule has 0 spiro atoms. The van der Waals surface area contributed by atoms with Gasteiger partial charge in [0.2, 0.25) is 10.0 Å². The lowest BCUT2D eigenvalue weighted by molar-refractivity contribution is 0.410. The third-order valence-corrected chi connectivity index (χ3v) is 6.10. The monoisotopic (exact) mass is 374 g/mol. The van der Waals surface area contributed by atoms with Crippen molar-refractivity contribution in [3.63, 3.8) is 0 Å². The molecule has 2 aromatic rings. The normalized spacial score (nSPS) is 12.6. The van der Waals surface area contributed by atoms with Crippen LogP contribution in [0.1, 0.15) is 25.0 Å². The molecule has 140 valence electrons. The number of nitrogens with zero attached hydrogens (tertiary/aromatic N) is 2. The zero-order valence-electron chi connectivity index (χ0n) is 15.6. The van der Waals surface area contributed by atoms with E-state index in [2.05, 4.69) is 10.3 Å². The van der Waals surface area contributed by atoms with E-state index in [0.717, 1.165) is 16.8 Å². The van der Waals surface area contributed by atoms with Gasteiger partial charge in [0, 0.05) is 18.8 Å². The molecule has 0 amide bonds. The Kier molecular flexibility index (Phi) is 6.39. The third kappa shape index (κ3) is 5.06. The first kappa shape index (κ1) is 19.9. The molecule has 6 nitrogen and oxygen atoms in total. The number of aliphatic imine (C=N–C) groups is 1. The maximum absolute atomic E-state index is 12.5. The summed E-state index contributed by atoms with van der Waals surface area (Å²) in [6.07, 6.45) is 0. The average molecular weight is 375 g/mol. The molecule has 2 aromatic carbocycles. The molecule has 0 fully saturated rings. The van der Waals surface area contributed by atoms with Gasteiger partial charge >= 0.3 is 0 Å². The molecule has 0 radical (unpaired) electrons. The summed E-state index contributed by atoms with van der Waals surface area (Å²) in [7, 11) is -1.89. The molecular weight excluding hydrogens is 348 g/mol. The van der Waals surface area contributed by atoms with Crippen molar-refractivity contribution >= 4 is 21.7 Å². The van der Waals surface area contributed by atoms with E-state index < -0.39 is 10.0 Å². The van der Waals surface area contributed by atoms with E-state index in [-0.39, 0.29) is 10.9 Å². The number of benzene rings is 2. The van der Waals surface area contributed by atoms with Crippen molar-refractivity contribution in [2.75, 3.05) is 12.4 Å². The van der Waals surface area contributed by atoms with Crippen LogP contribution in [0.5, 0.6) is 0 Å². The molecule has 0 atom stereocenters. The molecule has 3 N–H and O–H groups in total. The molecule has 2 rings (SSSR count). The summed E-state index contributed by atoms with van der Waals surface area (Å²) in [5, 5.41) is 3.04. The fourth-order valence-electron chi connectivity index (χ4n) is 2.30. The third-order valence-electron chi connectivity index (χ3n) is 4.05. The lowest BCUT2D eigenvalue weighted by Crippen LogP contribution is -2.33. The number of nitrogens with two attached hydrogens (primary N) is 1. The number of rotatable bonds is 6. The Labute approximate surface area is 155 Å². The molecule has 0 aliphatic heterocycles. The number of hydrogen-bond donors (Lipinski definition) is 2. The van der Waals surface area contributed by atoms with Gasteiger partial charge < -0.3 is 11.1 Å². The second-order valence-corrected chi connectivity index (χ2v) is 8.45. The minimum absolute atomic E-state index is 0.100. The second-order valence-electron chi connectivity index (χ2n) is 6.45. The average Bonchev–Trinajstić information content (AvgIpc) is 2.59. The number of hydrogen-bond acceptors (Lipinski definition) is 3. The summed E-state index contributed by atoms with van der Waals surface area (Å²) < 4.78 is 26.3. The zero-order chi connectivity index (χ0) is 19.3. The van der Waals surface area contributed by atoms with Crippen molar-refractivity contribution in [1.29, 1.82) is 0 Å². The SMILES string of the molecule is Cc1cccc(NC(N)=NCc2ccc(S(=O)(=O)N(C)C(C)C)cc2)c1. The maximum Gasteiger partial charge on any atom is 0.243 e.